The third-order valence-corrected chi connectivity index (χ3v) is 2.18. The van der Waals surface area contributed by atoms with Crippen LogP contribution >= 0.6 is 0 Å². The van der Waals surface area contributed by atoms with Crippen molar-refractivity contribution in [1.82, 2.24) is 5.32 Å². The Kier molecular flexibility index (Phi) is 3.12. The standard InChI is InChI=1S/C9H13NO2/c1-2-9(12)10-7-5-3-4-6-8(7)11/h1,7-8,11H,3-6H2,(H,10,12). The van der Waals surface area contributed by atoms with Crippen LogP contribution in [0, 0.1) is 12.3 Å². The van der Waals surface area contributed by atoms with Gasteiger partial charge in [-0.25, -0.2) is 0 Å². The molecule has 1 fully saturated rings. The molecule has 1 amide bonds. The van der Waals surface area contributed by atoms with Crippen LogP contribution in [-0.4, -0.2) is 23.2 Å². The Labute approximate surface area is 72.2 Å². The second-order valence-electron chi connectivity index (χ2n) is 3.08. The number of aliphatic hydroxyl groups is 1. The SMILES string of the molecule is C#CC(=O)NC1CCCCC1O. The Morgan fingerprint density at radius 3 is 2.75 bits per heavy atom. The van der Waals surface area contributed by atoms with E-state index in [4.69, 9.17) is 6.42 Å². The molecule has 0 aliphatic heterocycles. The van der Waals surface area contributed by atoms with Crippen LogP contribution in [0.3, 0.4) is 0 Å². The molecule has 0 radical (unpaired) electrons. The van der Waals surface area contributed by atoms with E-state index >= 15 is 0 Å². The van der Waals surface area contributed by atoms with Gasteiger partial charge in [-0.3, -0.25) is 4.79 Å². The van der Waals surface area contributed by atoms with E-state index in [1.54, 1.807) is 0 Å². The molecule has 0 aromatic heterocycles. The van der Waals surface area contributed by atoms with E-state index in [1.165, 1.54) is 0 Å². The van der Waals surface area contributed by atoms with Crippen LogP contribution < -0.4 is 5.32 Å². The number of hydrogen-bond acceptors (Lipinski definition) is 2. The number of carbonyl (C=O) groups excluding carboxylic acids is 1. The molecule has 0 heterocycles. The van der Waals surface area contributed by atoms with E-state index in [0.29, 0.717) is 0 Å². The zero-order valence-corrected chi connectivity index (χ0v) is 6.92. The molecule has 0 bridgehead atoms. The van der Waals surface area contributed by atoms with E-state index in [2.05, 4.69) is 5.32 Å². The molecule has 3 heteroatoms. The molecule has 0 aromatic rings. The van der Waals surface area contributed by atoms with Crippen molar-refractivity contribution in [3.8, 4) is 12.3 Å². The minimum absolute atomic E-state index is 0.137. The Hall–Kier alpha value is -1.01. The van der Waals surface area contributed by atoms with Gasteiger partial charge in [-0.05, 0) is 18.8 Å². The summed E-state index contributed by atoms with van der Waals surface area (Å²) >= 11 is 0. The van der Waals surface area contributed by atoms with Gasteiger partial charge >= 0.3 is 0 Å². The van der Waals surface area contributed by atoms with Gasteiger partial charge in [0.1, 0.15) is 0 Å². The lowest BCUT2D eigenvalue weighted by atomic mass is 9.92. The Morgan fingerprint density at radius 2 is 2.17 bits per heavy atom. The molecule has 1 saturated carbocycles. The summed E-state index contributed by atoms with van der Waals surface area (Å²) < 4.78 is 0. The number of carbonyl (C=O) groups is 1. The highest BCUT2D eigenvalue weighted by molar-refractivity contribution is 5.93. The van der Waals surface area contributed by atoms with Crippen molar-refractivity contribution in [2.75, 3.05) is 0 Å². The monoisotopic (exact) mass is 167 g/mol. The molecule has 1 aliphatic carbocycles. The van der Waals surface area contributed by atoms with Crippen molar-refractivity contribution < 1.29 is 9.90 Å². The summed E-state index contributed by atoms with van der Waals surface area (Å²) in [6, 6.07) is -0.137. The minimum Gasteiger partial charge on any atom is -0.391 e. The van der Waals surface area contributed by atoms with Crippen LogP contribution in [0.2, 0.25) is 0 Å². The fourth-order valence-electron chi connectivity index (χ4n) is 1.49. The van der Waals surface area contributed by atoms with Gasteiger partial charge in [-0.2, -0.15) is 0 Å². The third kappa shape index (κ3) is 2.24. The zero-order valence-electron chi connectivity index (χ0n) is 6.92. The Bertz CT molecular complexity index is 207. The lowest BCUT2D eigenvalue weighted by Gasteiger charge is -2.27. The quantitative estimate of drug-likeness (QED) is 0.542. The van der Waals surface area contributed by atoms with Gasteiger partial charge < -0.3 is 10.4 Å². The molecule has 2 atom stereocenters. The lowest BCUT2D eigenvalue weighted by molar-refractivity contribution is -0.117. The summed E-state index contributed by atoms with van der Waals surface area (Å²) in [4.78, 5) is 10.8. The summed E-state index contributed by atoms with van der Waals surface area (Å²) in [5.41, 5.74) is 0. The van der Waals surface area contributed by atoms with Crippen LogP contribution in [0.15, 0.2) is 0 Å². The van der Waals surface area contributed by atoms with Crippen molar-refractivity contribution in [3.05, 3.63) is 0 Å². The van der Waals surface area contributed by atoms with Crippen LogP contribution in [-0.2, 0) is 4.79 Å². The Morgan fingerprint density at radius 1 is 1.50 bits per heavy atom. The van der Waals surface area contributed by atoms with E-state index in [0.717, 1.165) is 25.7 Å². The van der Waals surface area contributed by atoms with E-state index in [1.807, 2.05) is 5.92 Å². The highest BCUT2D eigenvalue weighted by Crippen LogP contribution is 2.17. The maximum Gasteiger partial charge on any atom is 0.295 e. The van der Waals surface area contributed by atoms with Crippen LogP contribution in [0.4, 0.5) is 0 Å². The van der Waals surface area contributed by atoms with Crippen molar-refractivity contribution in [2.45, 2.75) is 37.8 Å². The van der Waals surface area contributed by atoms with E-state index in [-0.39, 0.29) is 6.04 Å². The van der Waals surface area contributed by atoms with Gasteiger partial charge in [0.05, 0.1) is 12.1 Å². The number of aliphatic hydroxyl groups excluding tert-OH is 1. The molecule has 1 rings (SSSR count). The van der Waals surface area contributed by atoms with Crippen molar-refractivity contribution >= 4 is 5.91 Å². The second-order valence-corrected chi connectivity index (χ2v) is 3.08. The molecule has 0 aromatic carbocycles. The van der Waals surface area contributed by atoms with Gasteiger partial charge in [0, 0.05) is 0 Å². The predicted molar refractivity (Wildman–Crippen MR) is 45.2 cm³/mol. The molecule has 1 aliphatic rings. The van der Waals surface area contributed by atoms with Gasteiger partial charge in [-0.1, -0.05) is 12.8 Å². The maximum atomic E-state index is 10.8. The van der Waals surface area contributed by atoms with Crippen LogP contribution in [0.5, 0.6) is 0 Å². The van der Waals surface area contributed by atoms with Gasteiger partial charge in [0.15, 0.2) is 0 Å². The molecule has 3 nitrogen and oxygen atoms in total. The number of rotatable bonds is 1. The number of amides is 1. The number of terminal acetylenes is 1. The molecule has 12 heavy (non-hydrogen) atoms. The Balaban J connectivity index is 2.40. The molecule has 66 valence electrons. The van der Waals surface area contributed by atoms with Gasteiger partial charge in [-0.15, -0.1) is 6.42 Å². The molecule has 0 saturated heterocycles. The maximum absolute atomic E-state index is 10.8. The fourth-order valence-corrected chi connectivity index (χ4v) is 1.49. The normalized spacial score (nSPS) is 29.0. The largest absolute Gasteiger partial charge is 0.391 e. The zero-order chi connectivity index (χ0) is 8.97. The summed E-state index contributed by atoms with van der Waals surface area (Å²) in [5, 5.41) is 12.0. The van der Waals surface area contributed by atoms with Crippen molar-refractivity contribution in [2.24, 2.45) is 0 Å². The molecule has 2 N–H and O–H groups in total. The fraction of sp³-hybridized carbons (Fsp3) is 0.667. The summed E-state index contributed by atoms with van der Waals surface area (Å²) in [5.74, 6) is 1.54. The highest BCUT2D eigenvalue weighted by Gasteiger charge is 2.23. The number of nitrogens with one attached hydrogen (secondary N) is 1. The summed E-state index contributed by atoms with van der Waals surface area (Å²) in [7, 11) is 0. The van der Waals surface area contributed by atoms with Crippen LogP contribution in [0.25, 0.3) is 0 Å². The first-order valence-electron chi connectivity index (χ1n) is 4.19. The average Bonchev–Trinajstić information content (AvgIpc) is 2.09. The van der Waals surface area contributed by atoms with Gasteiger partial charge in [0.2, 0.25) is 0 Å². The first-order valence-corrected chi connectivity index (χ1v) is 4.19. The molecule has 2 unspecified atom stereocenters. The second kappa shape index (κ2) is 4.13. The third-order valence-electron chi connectivity index (χ3n) is 2.18. The van der Waals surface area contributed by atoms with Crippen LogP contribution in [0.1, 0.15) is 25.7 Å². The van der Waals surface area contributed by atoms with E-state index < -0.39 is 12.0 Å². The van der Waals surface area contributed by atoms with E-state index in [9.17, 15) is 9.90 Å². The average molecular weight is 167 g/mol. The minimum atomic E-state index is -0.430. The summed E-state index contributed by atoms with van der Waals surface area (Å²) in [6.45, 7) is 0. The molecular formula is C9H13NO2. The lowest BCUT2D eigenvalue weighted by Crippen LogP contribution is -2.44. The van der Waals surface area contributed by atoms with Crippen molar-refractivity contribution in [3.63, 3.8) is 0 Å². The molecule has 0 spiro atoms. The first-order chi connectivity index (χ1) is 5.74. The van der Waals surface area contributed by atoms with Gasteiger partial charge in [0.25, 0.3) is 5.91 Å². The molecular weight excluding hydrogens is 154 g/mol. The smallest absolute Gasteiger partial charge is 0.295 e. The summed E-state index contributed by atoms with van der Waals surface area (Å²) in [6.07, 6.45) is 8.14. The van der Waals surface area contributed by atoms with Crippen molar-refractivity contribution in [1.29, 1.82) is 0 Å². The topological polar surface area (TPSA) is 49.3 Å². The predicted octanol–water partition coefficient (Wildman–Crippen LogP) is 0.0393. The highest BCUT2D eigenvalue weighted by atomic mass is 16.3. The first kappa shape index (κ1) is 9.08. The number of hydrogen-bond donors (Lipinski definition) is 2.